The average Bonchev–Trinajstić information content (AvgIpc) is 3.09. The number of pyridine rings is 1. The Hall–Kier alpha value is -2.93. The molecule has 3 aromatic rings. The van der Waals surface area contributed by atoms with Crippen molar-refractivity contribution < 1.29 is 18.7 Å². The molecule has 0 atom stereocenters. The number of rotatable bonds is 7. The molecule has 5 nitrogen and oxygen atoms in total. The zero-order valence-electron chi connectivity index (χ0n) is 21.6. The van der Waals surface area contributed by atoms with E-state index >= 15 is 0 Å². The maximum atomic E-state index is 13.3. The summed E-state index contributed by atoms with van der Waals surface area (Å²) < 4.78 is 20.4. The van der Waals surface area contributed by atoms with Gasteiger partial charge in [0.15, 0.2) is 0 Å². The summed E-state index contributed by atoms with van der Waals surface area (Å²) in [6.07, 6.45) is 2.31. The molecule has 0 saturated heterocycles. The van der Waals surface area contributed by atoms with Crippen LogP contribution in [0.25, 0.3) is 10.9 Å². The van der Waals surface area contributed by atoms with Crippen LogP contribution >= 0.6 is 0 Å². The van der Waals surface area contributed by atoms with Crippen LogP contribution in [-0.2, 0) is 13.0 Å². The Kier molecular flexibility index (Phi) is 6.66. The van der Waals surface area contributed by atoms with E-state index in [2.05, 4.69) is 41.5 Å². The molecule has 1 aliphatic heterocycles. The molecule has 4 rings (SSSR count). The van der Waals surface area contributed by atoms with Crippen molar-refractivity contribution in [2.45, 2.75) is 71.1 Å². The van der Waals surface area contributed by atoms with Gasteiger partial charge >= 0.3 is 0 Å². The predicted molar refractivity (Wildman–Crippen MR) is 140 cm³/mol. The minimum atomic E-state index is -2.41. The number of fused-ring (bicyclic) bond motifs is 2. The molecule has 0 fully saturated rings. The van der Waals surface area contributed by atoms with Crippen LogP contribution < -0.4 is 4.43 Å². The molecule has 35 heavy (non-hydrogen) atoms. The van der Waals surface area contributed by atoms with E-state index < -0.39 is 8.32 Å². The highest BCUT2D eigenvalue weighted by atomic mass is 28.4. The van der Waals surface area contributed by atoms with E-state index in [1.54, 1.807) is 30.3 Å². The van der Waals surface area contributed by atoms with E-state index in [9.17, 15) is 14.3 Å². The van der Waals surface area contributed by atoms with Gasteiger partial charge in [-0.15, -0.1) is 0 Å². The first-order valence-corrected chi connectivity index (χ1v) is 14.5. The molecule has 0 radical (unpaired) electrons. The number of aromatic nitrogens is 1. The second-order valence-electron chi connectivity index (χ2n) is 10.7. The molecule has 1 amide bonds. The van der Waals surface area contributed by atoms with Gasteiger partial charge in [-0.05, 0) is 52.4 Å². The minimum absolute atomic E-state index is 0.0828. The molecule has 7 heteroatoms. The van der Waals surface area contributed by atoms with Gasteiger partial charge in [-0.2, -0.15) is 0 Å². The number of nitrogens with zero attached hydrogens (tertiary/aromatic N) is 2. The van der Waals surface area contributed by atoms with Crippen molar-refractivity contribution in [3.63, 3.8) is 0 Å². The second kappa shape index (κ2) is 9.26. The topological polar surface area (TPSA) is 62.7 Å². The van der Waals surface area contributed by atoms with Crippen molar-refractivity contribution in [2.75, 3.05) is 7.05 Å². The second-order valence-corrected chi connectivity index (χ2v) is 16.0. The van der Waals surface area contributed by atoms with Crippen LogP contribution in [0.1, 0.15) is 68.6 Å². The SMILES string of the molecule is CC(C)[Si](Oc1c2c(c(O)c3cc(Cc4ccc(F)cc4)cnc13)CN(C)C2=O)(C(C)C)C(C)C. The van der Waals surface area contributed by atoms with E-state index in [4.69, 9.17) is 9.41 Å². The van der Waals surface area contributed by atoms with Gasteiger partial charge in [-0.25, -0.2) is 4.39 Å². The highest BCUT2D eigenvalue weighted by Crippen LogP contribution is 2.49. The fraction of sp³-hybridized carbons (Fsp3) is 0.429. The molecular formula is C28H35FN2O3Si. The monoisotopic (exact) mass is 494 g/mol. The summed E-state index contributed by atoms with van der Waals surface area (Å²) in [5.74, 6) is 0.170. The van der Waals surface area contributed by atoms with Crippen molar-refractivity contribution in [3.05, 3.63) is 64.6 Å². The van der Waals surface area contributed by atoms with Crippen LogP contribution in [0.5, 0.6) is 11.5 Å². The maximum Gasteiger partial charge on any atom is 0.258 e. The third-order valence-corrected chi connectivity index (χ3v) is 13.5. The lowest BCUT2D eigenvalue weighted by molar-refractivity contribution is 0.0815. The normalized spacial score (nSPS) is 14.0. The fourth-order valence-corrected chi connectivity index (χ4v) is 11.1. The molecule has 0 spiro atoms. The van der Waals surface area contributed by atoms with Gasteiger partial charge in [0.05, 0.1) is 12.1 Å². The lowest BCUT2D eigenvalue weighted by Gasteiger charge is -2.42. The maximum absolute atomic E-state index is 13.3. The van der Waals surface area contributed by atoms with E-state index in [-0.39, 0.29) is 17.5 Å². The molecule has 2 aromatic carbocycles. The highest BCUT2D eigenvalue weighted by molar-refractivity contribution is 6.78. The van der Waals surface area contributed by atoms with Crippen LogP contribution in [0.4, 0.5) is 4.39 Å². The third-order valence-electron chi connectivity index (χ3n) is 7.49. The zero-order valence-corrected chi connectivity index (χ0v) is 22.6. The van der Waals surface area contributed by atoms with E-state index in [0.717, 1.165) is 11.1 Å². The third kappa shape index (κ3) is 4.20. The Morgan fingerprint density at radius 2 is 1.66 bits per heavy atom. The molecule has 0 bridgehead atoms. The Morgan fingerprint density at radius 1 is 1.06 bits per heavy atom. The first-order valence-electron chi connectivity index (χ1n) is 12.3. The predicted octanol–water partition coefficient (Wildman–Crippen LogP) is 6.81. The van der Waals surface area contributed by atoms with Crippen LogP contribution in [0.15, 0.2) is 36.5 Å². The minimum Gasteiger partial charge on any atom is -0.541 e. The molecule has 1 N–H and O–H groups in total. The fourth-order valence-electron chi connectivity index (χ4n) is 5.85. The van der Waals surface area contributed by atoms with E-state index in [1.807, 2.05) is 6.07 Å². The van der Waals surface area contributed by atoms with Gasteiger partial charge in [-0.1, -0.05) is 53.7 Å². The van der Waals surface area contributed by atoms with Crippen molar-refractivity contribution in [3.8, 4) is 11.5 Å². The van der Waals surface area contributed by atoms with Gasteiger partial charge in [0.1, 0.15) is 22.8 Å². The summed E-state index contributed by atoms with van der Waals surface area (Å²) in [6.45, 7) is 13.6. The Labute approximate surface area is 208 Å². The number of carbonyl (C=O) groups is 1. The van der Waals surface area contributed by atoms with Gasteiger partial charge in [-0.3, -0.25) is 9.78 Å². The molecule has 2 heterocycles. The highest BCUT2D eigenvalue weighted by Gasteiger charge is 2.49. The molecule has 0 aliphatic carbocycles. The summed E-state index contributed by atoms with van der Waals surface area (Å²) in [6, 6.07) is 8.29. The lowest BCUT2D eigenvalue weighted by atomic mass is 9.99. The summed E-state index contributed by atoms with van der Waals surface area (Å²) in [4.78, 5) is 19.6. The van der Waals surface area contributed by atoms with Crippen molar-refractivity contribution in [2.24, 2.45) is 0 Å². The number of benzene rings is 2. The van der Waals surface area contributed by atoms with E-state index in [0.29, 0.717) is 57.4 Å². The number of aromatic hydroxyl groups is 1. The van der Waals surface area contributed by atoms with Crippen LogP contribution in [0, 0.1) is 5.82 Å². The summed E-state index contributed by atoms with van der Waals surface area (Å²) in [5, 5.41) is 11.9. The Bertz CT molecular complexity index is 1250. The molecule has 0 saturated carbocycles. The first kappa shape index (κ1) is 25.2. The smallest absolute Gasteiger partial charge is 0.258 e. The quantitative estimate of drug-likeness (QED) is 0.367. The first-order chi connectivity index (χ1) is 16.5. The summed E-state index contributed by atoms with van der Waals surface area (Å²) in [5.41, 5.74) is 4.34. The standard InChI is InChI=1S/C28H35FN2O3Si/c1-16(2)35(17(3)4,18(5)6)34-27-24-23(15-31(7)28(24)33)26(32)22-13-20(14-30-25(22)27)12-19-8-10-21(29)11-9-19/h8-11,13-14,16-18,32H,12,15H2,1-7H3. The van der Waals surface area contributed by atoms with Gasteiger partial charge in [0.25, 0.3) is 14.2 Å². The van der Waals surface area contributed by atoms with Gasteiger partial charge in [0, 0.05) is 24.2 Å². The number of hydrogen-bond acceptors (Lipinski definition) is 4. The van der Waals surface area contributed by atoms with Gasteiger partial charge < -0.3 is 14.4 Å². The number of phenolic OH excluding ortho intramolecular Hbond substituents is 1. The zero-order chi connectivity index (χ0) is 25.7. The Morgan fingerprint density at radius 3 is 2.23 bits per heavy atom. The lowest BCUT2D eigenvalue weighted by Crippen LogP contribution is -2.51. The molecular weight excluding hydrogens is 459 g/mol. The van der Waals surface area contributed by atoms with Crippen LogP contribution in [0.3, 0.4) is 0 Å². The largest absolute Gasteiger partial charge is 0.541 e. The number of amides is 1. The van der Waals surface area contributed by atoms with Crippen molar-refractivity contribution >= 4 is 25.1 Å². The van der Waals surface area contributed by atoms with Crippen LogP contribution in [0.2, 0.25) is 16.6 Å². The summed E-state index contributed by atoms with van der Waals surface area (Å²) in [7, 11) is -0.668. The number of phenols is 1. The molecule has 1 aliphatic rings. The Balaban J connectivity index is 1.93. The number of carbonyl (C=O) groups excluding carboxylic acids is 1. The molecule has 0 unspecified atom stereocenters. The van der Waals surface area contributed by atoms with Crippen molar-refractivity contribution in [1.82, 2.24) is 9.88 Å². The molecule has 1 aromatic heterocycles. The molecule has 186 valence electrons. The number of hydrogen-bond donors (Lipinski definition) is 1. The van der Waals surface area contributed by atoms with Crippen molar-refractivity contribution in [1.29, 1.82) is 0 Å². The van der Waals surface area contributed by atoms with E-state index in [1.165, 1.54) is 12.1 Å². The van der Waals surface area contributed by atoms with Crippen LogP contribution in [-0.4, -0.2) is 36.3 Å². The van der Waals surface area contributed by atoms with Gasteiger partial charge in [0.2, 0.25) is 0 Å². The average molecular weight is 495 g/mol. The number of halogens is 1. The summed E-state index contributed by atoms with van der Waals surface area (Å²) >= 11 is 0.